The van der Waals surface area contributed by atoms with Crippen molar-refractivity contribution < 1.29 is 19.1 Å². The Morgan fingerprint density at radius 2 is 1.83 bits per heavy atom. The van der Waals surface area contributed by atoms with Crippen molar-refractivity contribution in [2.75, 3.05) is 32.1 Å². The normalized spacial score (nSPS) is 16.2. The van der Waals surface area contributed by atoms with Gasteiger partial charge >= 0.3 is 6.09 Å². The standard InChI is InChI=1S/C22H30N4O4/c1-21(2,3)30-20(28)25-14-10-22(11-15-25,16-29-4)19(27)24-17-6-8-18(9-7-17)26-13-5-12-23-26/h5-9,12-13H,10-11,14-16H2,1-4H3,(H,24,27). The summed E-state index contributed by atoms with van der Waals surface area (Å²) in [5.41, 5.74) is 0.391. The lowest BCUT2D eigenvalue weighted by molar-refractivity contribution is -0.132. The number of likely N-dealkylation sites (tertiary alicyclic amines) is 1. The maximum absolute atomic E-state index is 13.2. The van der Waals surface area contributed by atoms with Crippen LogP contribution in [-0.2, 0) is 14.3 Å². The fourth-order valence-electron chi connectivity index (χ4n) is 3.54. The van der Waals surface area contributed by atoms with Crippen LogP contribution in [0.4, 0.5) is 10.5 Å². The number of benzene rings is 1. The molecule has 0 bridgehead atoms. The molecule has 8 heteroatoms. The van der Waals surface area contributed by atoms with E-state index in [2.05, 4.69) is 10.4 Å². The van der Waals surface area contributed by atoms with Crippen molar-refractivity contribution in [1.29, 1.82) is 0 Å². The fraction of sp³-hybridized carbons (Fsp3) is 0.500. The van der Waals surface area contributed by atoms with Crippen LogP contribution in [0.25, 0.3) is 5.69 Å². The van der Waals surface area contributed by atoms with Gasteiger partial charge in [0.1, 0.15) is 5.60 Å². The van der Waals surface area contributed by atoms with Crippen LogP contribution in [0.2, 0.25) is 0 Å². The highest BCUT2D eigenvalue weighted by molar-refractivity contribution is 5.95. The second-order valence-electron chi connectivity index (χ2n) is 8.63. The summed E-state index contributed by atoms with van der Waals surface area (Å²) in [6.45, 7) is 6.72. The minimum atomic E-state index is -0.687. The largest absolute Gasteiger partial charge is 0.444 e. The van der Waals surface area contributed by atoms with Gasteiger partial charge in [0.15, 0.2) is 0 Å². The second kappa shape index (κ2) is 8.87. The number of amides is 2. The molecule has 1 N–H and O–H groups in total. The van der Waals surface area contributed by atoms with E-state index in [1.807, 2.05) is 57.3 Å². The number of nitrogens with one attached hydrogen (secondary N) is 1. The van der Waals surface area contributed by atoms with Gasteiger partial charge in [0.2, 0.25) is 5.91 Å². The first-order valence-corrected chi connectivity index (χ1v) is 10.1. The molecule has 3 rings (SSSR count). The lowest BCUT2D eigenvalue weighted by Gasteiger charge is -2.40. The van der Waals surface area contributed by atoms with Crippen LogP contribution in [0.1, 0.15) is 33.6 Å². The van der Waals surface area contributed by atoms with Crippen LogP contribution in [0, 0.1) is 5.41 Å². The lowest BCUT2D eigenvalue weighted by Crippen LogP contribution is -2.51. The van der Waals surface area contributed by atoms with Gasteiger partial charge in [-0.15, -0.1) is 0 Å². The number of carbonyl (C=O) groups is 2. The van der Waals surface area contributed by atoms with E-state index in [0.29, 0.717) is 38.2 Å². The molecule has 1 saturated heterocycles. The van der Waals surface area contributed by atoms with Gasteiger partial charge in [-0.05, 0) is 63.9 Å². The topological polar surface area (TPSA) is 85.7 Å². The first kappa shape index (κ1) is 21.8. The number of carbonyl (C=O) groups excluding carboxylic acids is 2. The first-order chi connectivity index (χ1) is 14.2. The number of hydrogen-bond acceptors (Lipinski definition) is 5. The van der Waals surface area contributed by atoms with Gasteiger partial charge in [-0.1, -0.05) is 0 Å². The Morgan fingerprint density at radius 1 is 1.17 bits per heavy atom. The molecule has 162 valence electrons. The van der Waals surface area contributed by atoms with Crippen LogP contribution >= 0.6 is 0 Å². The van der Waals surface area contributed by atoms with E-state index in [9.17, 15) is 9.59 Å². The zero-order valence-corrected chi connectivity index (χ0v) is 18.1. The maximum Gasteiger partial charge on any atom is 0.410 e. The maximum atomic E-state index is 13.2. The summed E-state index contributed by atoms with van der Waals surface area (Å²) in [6.07, 6.45) is 4.25. The Labute approximate surface area is 177 Å². The van der Waals surface area contributed by atoms with Gasteiger partial charge in [0, 0.05) is 38.3 Å². The molecule has 0 saturated carbocycles. The lowest BCUT2D eigenvalue weighted by atomic mass is 9.78. The summed E-state index contributed by atoms with van der Waals surface area (Å²) >= 11 is 0. The van der Waals surface area contributed by atoms with Crippen LogP contribution in [-0.4, -0.2) is 59.1 Å². The summed E-state index contributed by atoms with van der Waals surface area (Å²) in [6, 6.07) is 9.36. The molecule has 0 aliphatic carbocycles. The average molecular weight is 415 g/mol. The average Bonchev–Trinajstić information content (AvgIpc) is 3.23. The summed E-state index contributed by atoms with van der Waals surface area (Å²) in [5, 5.41) is 7.21. The predicted octanol–water partition coefficient (Wildman–Crippen LogP) is 3.47. The van der Waals surface area contributed by atoms with Gasteiger partial charge < -0.3 is 19.7 Å². The molecule has 0 spiro atoms. The van der Waals surface area contributed by atoms with Gasteiger partial charge in [0.05, 0.1) is 17.7 Å². The first-order valence-electron chi connectivity index (χ1n) is 10.1. The number of piperidine rings is 1. The van der Waals surface area contributed by atoms with Gasteiger partial charge in [-0.3, -0.25) is 4.79 Å². The molecular weight excluding hydrogens is 384 g/mol. The van der Waals surface area contributed by atoms with Crippen LogP contribution < -0.4 is 5.32 Å². The summed E-state index contributed by atoms with van der Waals surface area (Å²) < 4.78 is 12.6. The number of nitrogens with zero attached hydrogens (tertiary/aromatic N) is 3. The van der Waals surface area contributed by atoms with Gasteiger partial charge in [-0.25, -0.2) is 9.48 Å². The number of anilines is 1. The van der Waals surface area contributed by atoms with Crippen molar-refractivity contribution in [3.05, 3.63) is 42.7 Å². The monoisotopic (exact) mass is 414 g/mol. The zero-order valence-electron chi connectivity index (χ0n) is 18.1. The summed E-state index contributed by atoms with van der Waals surface area (Å²) in [7, 11) is 1.59. The molecule has 2 amide bonds. The van der Waals surface area contributed by atoms with E-state index in [1.165, 1.54) is 0 Å². The molecule has 0 atom stereocenters. The van der Waals surface area contributed by atoms with Crippen LogP contribution in [0.15, 0.2) is 42.7 Å². The Bertz CT molecular complexity index is 848. The van der Waals surface area contributed by atoms with E-state index in [0.717, 1.165) is 5.69 Å². The third kappa shape index (κ3) is 5.18. The van der Waals surface area contributed by atoms with Crippen molar-refractivity contribution in [2.24, 2.45) is 5.41 Å². The Hall–Kier alpha value is -2.87. The highest BCUT2D eigenvalue weighted by atomic mass is 16.6. The summed E-state index contributed by atoms with van der Waals surface area (Å²) in [4.78, 5) is 27.2. The molecule has 1 fully saturated rings. The molecule has 1 aromatic heterocycles. The molecular formula is C22H30N4O4. The number of ether oxygens (including phenoxy) is 2. The third-order valence-electron chi connectivity index (χ3n) is 5.17. The zero-order chi connectivity index (χ0) is 21.8. The van der Waals surface area contributed by atoms with Crippen molar-refractivity contribution >= 4 is 17.7 Å². The van der Waals surface area contributed by atoms with Gasteiger partial charge in [0.25, 0.3) is 0 Å². The van der Waals surface area contributed by atoms with Crippen molar-refractivity contribution in [3.63, 3.8) is 0 Å². The second-order valence-corrected chi connectivity index (χ2v) is 8.63. The molecule has 0 radical (unpaired) electrons. The van der Waals surface area contributed by atoms with E-state index < -0.39 is 11.0 Å². The van der Waals surface area contributed by atoms with Crippen molar-refractivity contribution in [2.45, 2.75) is 39.2 Å². The molecule has 1 aliphatic heterocycles. The summed E-state index contributed by atoms with van der Waals surface area (Å²) in [5.74, 6) is -0.0972. The third-order valence-corrected chi connectivity index (χ3v) is 5.17. The number of aromatic nitrogens is 2. The predicted molar refractivity (Wildman–Crippen MR) is 114 cm³/mol. The molecule has 1 aromatic carbocycles. The Kier molecular flexibility index (Phi) is 6.45. The molecule has 1 aliphatic rings. The minimum absolute atomic E-state index is 0.0972. The molecule has 30 heavy (non-hydrogen) atoms. The highest BCUT2D eigenvalue weighted by Gasteiger charge is 2.43. The molecule has 2 heterocycles. The van der Waals surface area contributed by atoms with Crippen LogP contribution in [0.3, 0.4) is 0 Å². The fourth-order valence-corrected chi connectivity index (χ4v) is 3.54. The van der Waals surface area contributed by atoms with Crippen molar-refractivity contribution in [3.8, 4) is 5.69 Å². The highest BCUT2D eigenvalue weighted by Crippen LogP contribution is 2.34. The van der Waals surface area contributed by atoms with Crippen molar-refractivity contribution in [1.82, 2.24) is 14.7 Å². The Balaban J connectivity index is 1.64. The van der Waals surface area contributed by atoms with Gasteiger partial charge in [-0.2, -0.15) is 5.10 Å². The number of rotatable bonds is 5. The Morgan fingerprint density at radius 3 is 2.37 bits per heavy atom. The number of methoxy groups -OCH3 is 1. The smallest absolute Gasteiger partial charge is 0.410 e. The number of hydrogen-bond donors (Lipinski definition) is 1. The SMILES string of the molecule is COCC1(C(=O)Nc2ccc(-n3cccn3)cc2)CCN(C(=O)OC(C)(C)C)CC1. The van der Waals surface area contributed by atoms with E-state index in [4.69, 9.17) is 9.47 Å². The molecule has 8 nitrogen and oxygen atoms in total. The molecule has 2 aromatic rings. The van der Waals surface area contributed by atoms with E-state index in [1.54, 1.807) is 22.9 Å². The quantitative estimate of drug-likeness (QED) is 0.810. The van der Waals surface area contributed by atoms with E-state index in [-0.39, 0.29) is 12.0 Å². The minimum Gasteiger partial charge on any atom is -0.444 e. The molecule has 0 unspecified atom stereocenters. The van der Waals surface area contributed by atoms with Crippen LogP contribution in [0.5, 0.6) is 0 Å². The van der Waals surface area contributed by atoms with E-state index >= 15 is 0 Å².